The van der Waals surface area contributed by atoms with Crippen molar-refractivity contribution in [2.75, 3.05) is 16.6 Å². The first kappa shape index (κ1) is 23.8. The Morgan fingerprint density at radius 1 is 1.05 bits per heavy atom. The summed E-state index contributed by atoms with van der Waals surface area (Å²) in [6, 6.07) is 8.94. The quantitative estimate of drug-likeness (QED) is 0.437. The Hall–Kier alpha value is -3.60. The highest BCUT2D eigenvalue weighted by molar-refractivity contribution is 7.93. The van der Waals surface area contributed by atoms with Crippen molar-refractivity contribution >= 4 is 27.4 Å². The minimum atomic E-state index is -3.46. The number of nitrogens with one attached hydrogen (secondary N) is 2. The second kappa shape index (κ2) is 9.05. The molecule has 1 amide bonds. The third-order valence-electron chi connectivity index (χ3n) is 7.53. The van der Waals surface area contributed by atoms with Gasteiger partial charge in [0.1, 0.15) is 17.1 Å². The molecule has 3 fully saturated rings. The maximum Gasteiger partial charge on any atom is 0.238 e. The average Bonchev–Trinajstić information content (AvgIpc) is 3.80. The van der Waals surface area contributed by atoms with Gasteiger partial charge in [-0.2, -0.15) is 0 Å². The number of benzene rings is 1. The molecule has 6 rings (SSSR count). The van der Waals surface area contributed by atoms with Crippen molar-refractivity contribution < 1.29 is 17.9 Å². The van der Waals surface area contributed by atoms with E-state index in [9.17, 15) is 13.2 Å². The van der Waals surface area contributed by atoms with Crippen LogP contribution in [0.2, 0.25) is 0 Å². The van der Waals surface area contributed by atoms with E-state index in [1.54, 1.807) is 12.4 Å². The number of sulfonamides is 1. The molecule has 37 heavy (non-hydrogen) atoms. The van der Waals surface area contributed by atoms with Gasteiger partial charge in [-0.05, 0) is 62.6 Å². The number of aromatic nitrogens is 4. The molecule has 192 valence electrons. The van der Waals surface area contributed by atoms with Gasteiger partial charge in [-0.15, -0.1) is 0 Å². The normalized spacial score (nSPS) is 24.2. The third-order valence-corrected chi connectivity index (χ3v) is 9.37. The second-order valence-corrected chi connectivity index (χ2v) is 11.8. The molecule has 2 heterocycles. The van der Waals surface area contributed by atoms with E-state index < -0.39 is 15.4 Å². The van der Waals surface area contributed by atoms with Gasteiger partial charge < -0.3 is 10.1 Å². The predicted octanol–water partition coefficient (Wildman–Crippen LogP) is 3.54. The van der Waals surface area contributed by atoms with E-state index in [1.165, 1.54) is 12.3 Å². The molecule has 0 radical (unpaired) electrons. The molecule has 3 aliphatic carbocycles. The molecule has 2 N–H and O–H groups in total. The number of amides is 1. The number of ether oxygens (including phenoxy) is 1. The lowest BCUT2D eigenvalue weighted by molar-refractivity contribution is -0.119. The smallest absolute Gasteiger partial charge is 0.238 e. The first-order valence-electron chi connectivity index (χ1n) is 12.6. The lowest BCUT2D eigenvalue weighted by Crippen LogP contribution is -2.34. The Bertz CT molecular complexity index is 1430. The highest BCUT2D eigenvalue weighted by atomic mass is 32.2. The van der Waals surface area contributed by atoms with Crippen LogP contribution in [-0.2, 0) is 20.2 Å². The van der Waals surface area contributed by atoms with Crippen molar-refractivity contribution in [3.8, 4) is 17.1 Å². The molecule has 0 saturated heterocycles. The van der Waals surface area contributed by atoms with Crippen LogP contribution in [0.5, 0.6) is 5.88 Å². The summed E-state index contributed by atoms with van der Waals surface area (Å²) < 4.78 is 32.9. The molecular weight excluding hydrogens is 492 g/mol. The summed E-state index contributed by atoms with van der Waals surface area (Å²) in [4.78, 5) is 31.4. The van der Waals surface area contributed by atoms with Crippen LogP contribution in [-0.4, -0.2) is 46.1 Å². The summed E-state index contributed by atoms with van der Waals surface area (Å²) in [5.41, 5.74) is 1.33. The first-order valence-corrected chi connectivity index (χ1v) is 14.2. The Morgan fingerprint density at radius 2 is 1.81 bits per heavy atom. The van der Waals surface area contributed by atoms with Crippen LogP contribution in [0.25, 0.3) is 11.3 Å². The number of rotatable bonds is 9. The lowest BCUT2D eigenvalue weighted by Gasteiger charge is -2.20. The van der Waals surface area contributed by atoms with E-state index >= 15 is 0 Å². The number of nitrogens with zero attached hydrogens (tertiary/aromatic N) is 4. The maximum absolute atomic E-state index is 13.7. The molecule has 0 aliphatic heterocycles. The van der Waals surface area contributed by atoms with Crippen LogP contribution in [0.3, 0.4) is 0 Å². The van der Waals surface area contributed by atoms with E-state index in [2.05, 4.69) is 30.0 Å². The van der Waals surface area contributed by atoms with Crippen LogP contribution in [0.4, 0.5) is 11.5 Å². The van der Waals surface area contributed by atoms with Crippen molar-refractivity contribution in [2.45, 2.75) is 49.7 Å². The van der Waals surface area contributed by atoms with E-state index in [0.29, 0.717) is 42.5 Å². The number of carbonyl (C=O) groups is 1. The van der Waals surface area contributed by atoms with Crippen molar-refractivity contribution in [3.63, 3.8) is 0 Å². The molecular formula is C26H28N6O4S. The fourth-order valence-corrected chi connectivity index (χ4v) is 6.94. The SMILES string of the molecule is CCOc1cncc(-c2ccc(NC(=O)C3(c4nccc(NS(=O)(=O)C5CC5)n4)[C@@H]4CCC[C@@H]43)cc2)n1. The molecule has 2 aromatic heterocycles. The first-order chi connectivity index (χ1) is 17.9. The lowest BCUT2D eigenvalue weighted by atomic mass is 9.93. The number of hydrogen-bond acceptors (Lipinski definition) is 8. The van der Waals surface area contributed by atoms with E-state index in [1.807, 2.05) is 31.2 Å². The zero-order valence-electron chi connectivity index (χ0n) is 20.4. The van der Waals surface area contributed by atoms with Crippen molar-refractivity contribution in [2.24, 2.45) is 11.8 Å². The standard InChI is InChI=1S/C26H28N6O4S/c1-2-36-23-15-27-14-21(30-23)16-6-8-17(9-7-16)29-25(33)26(19-4-3-5-20(19)26)24-28-13-12-22(31-24)32-37(34,35)18-10-11-18/h6-9,12-15,18-20H,2-5,10-11H2,1H3,(H,29,33)(H,28,31,32)/t19-,20+,26?. The van der Waals surface area contributed by atoms with Gasteiger partial charge in [0.25, 0.3) is 0 Å². The highest BCUT2D eigenvalue weighted by Crippen LogP contribution is 2.67. The predicted molar refractivity (Wildman–Crippen MR) is 137 cm³/mol. The number of carbonyl (C=O) groups excluding carboxylic acids is 1. The summed E-state index contributed by atoms with van der Waals surface area (Å²) in [6.07, 6.45) is 9.00. The van der Waals surface area contributed by atoms with Gasteiger partial charge in [0, 0.05) is 17.4 Å². The molecule has 3 atom stereocenters. The van der Waals surface area contributed by atoms with Crippen LogP contribution in [0, 0.1) is 11.8 Å². The molecule has 1 aromatic carbocycles. The van der Waals surface area contributed by atoms with E-state index in [4.69, 9.17) is 4.74 Å². The largest absolute Gasteiger partial charge is 0.477 e. The topological polar surface area (TPSA) is 136 Å². The zero-order valence-corrected chi connectivity index (χ0v) is 21.2. The summed E-state index contributed by atoms with van der Waals surface area (Å²) in [6.45, 7) is 2.40. The van der Waals surface area contributed by atoms with E-state index in [-0.39, 0.29) is 28.8 Å². The fraction of sp³-hybridized carbons (Fsp3) is 0.423. The van der Waals surface area contributed by atoms with Gasteiger partial charge in [-0.25, -0.2) is 23.4 Å². The van der Waals surface area contributed by atoms with Gasteiger partial charge in [0.05, 0.1) is 29.9 Å². The van der Waals surface area contributed by atoms with Gasteiger partial charge in [0.15, 0.2) is 0 Å². The Labute approximate surface area is 215 Å². The zero-order chi connectivity index (χ0) is 25.6. The van der Waals surface area contributed by atoms with Gasteiger partial charge in [-0.1, -0.05) is 18.6 Å². The average molecular weight is 521 g/mol. The number of anilines is 2. The van der Waals surface area contributed by atoms with Crippen LogP contribution in [0.1, 0.15) is 44.9 Å². The molecule has 11 heteroatoms. The molecule has 3 saturated carbocycles. The molecule has 0 bridgehead atoms. The number of fused-ring (bicyclic) bond motifs is 1. The van der Waals surface area contributed by atoms with Crippen LogP contribution < -0.4 is 14.8 Å². The maximum atomic E-state index is 13.7. The van der Waals surface area contributed by atoms with E-state index in [0.717, 1.165) is 24.8 Å². The Kier molecular flexibility index (Phi) is 5.82. The van der Waals surface area contributed by atoms with Crippen LogP contribution >= 0.6 is 0 Å². The fourth-order valence-electron chi connectivity index (χ4n) is 5.61. The third kappa shape index (κ3) is 4.30. The second-order valence-electron chi connectivity index (χ2n) is 9.83. The monoisotopic (exact) mass is 520 g/mol. The van der Waals surface area contributed by atoms with Crippen molar-refractivity contribution in [3.05, 3.63) is 54.7 Å². The number of hydrogen-bond donors (Lipinski definition) is 2. The molecule has 3 aromatic rings. The van der Waals surface area contributed by atoms with Gasteiger partial charge in [-0.3, -0.25) is 14.5 Å². The minimum absolute atomic E-state index is 0.152. The summed E-state index contributed by atoms with van der Waals surface area (Å²) >= 11 is 0. The Balaban J connectivity index is 1.23. The minimum Gasteiger partial charge on any atom is -0.477 e. The Morgan fingerprint density at radius 3 is 2.51 bits per heavy atom. The molecule has 0 spiro atoms. The van der Waals surface area contributed by atoms with Gasteiger partial charge >= 0.3 is 0 Å². The van der Waals surface area contributed by atoms with Crippen molar-refractivity contribution in [1.82, 2.24) is 19.9 Å². The molecule has 3 aliphatic rings. The summed E-state index contributed by atoms with van der Waals surface area (Å²) in [7, 11) is -3.46. The van der Waals surface area contributed by atoms with Gasteiger partial charge in [0.2, 0.25) is 21.8 Å². The summed E-state index contributed by atoms with van der Waals surface area (Å²) in [5.74, 6) is 1.21. The molecule has 1 unspecified atom stereocenters. The van der Waals surface area contributed by atoms with Crippen molar-refractivity contribution in [1.29, 1.82) is 0 Å². The summed E-state index contributed by atoms with van der Waals surface area (Å²) in [5, 5.41) is 2.70. The molecule has 10 nitrogen and oxygen atoms in total. The van der Waals surface area contributed by atoms with Crippen LogP contribution in [0.15, 0.2) is 48.9 Å². The highest BCUT2D eigenvalue weighted by Gasteiger charge is 2.73.